The van der Waals surface area contributed by atoms with Crippen molar-refractivity contribution in [1.29, 1.82) is 0 Å². The summed E-state index contributed by atoms with van der Waals surface area (Å²) in [6.07, 6.45) is 0. The number of fused-ring (bicyclic) bond motifs is 1. The summed E-state index contributed by atoms with van der Waals surface area (Å²) in [7, 11) is 1.98. The van der Waals surface area contributed by atoms with E-state index in [9.17, 15) is 0 Å². The molecule has 0 spiro atoms. The van der Waals surface area contributed by atoms with E-state index in [4.69, 9.17) is 9.84 Å². The molecule has 0 saturated heterocycles. The molecular weight excluding hydrogens is 154 g/mol. The van der Waals surface area contributed by atoms with Crippen LogP contribution in [0.25, 0.3) is 0 Å². The molecule has 3 nitrogen and oxygen atoms in total. The zero-order valence-corrected chi connectivity index (χ0v) is 6.95. The van der Waals surface area contributed by atoms with Gasteiger partial charge in [-0.1, -0.05) is 6.07 Å². The van der Waals surface area contributed by atoms with Gasteiger partial charge in [-0.2, -0.15) is 0 Å². The molecule has 0 aliphatic carbocycles. The van der Waals surface area contributed by atoms with Crippen molar-refractivity contribution in [3.05, 3.63) is 23.8 Å². The highest BCUT2D eigenvalue weighted by Gasteiger charge is 2.16. The summed E-state index contributed by atoms with van der Waals surface area (Å²) in [5, 5.41) is 8.87. The topological polar surface area (TPSA) is 32.7 Å². The fraction of sp³-hybridized carbons (Fsp3) is 0.333. The molecule has 1 aliphatic rings. The van der Waals surface area contributed by atoms with Gasteiger partial charge in [0.1, 0.15) is 5.75 Å². The molecule has 0 radical (unpaired) electrons. The van der Waals surface area contributed by atoms with E-state index in [1.165, 1.54) is 0 Å². The van der Waals surface area contributed by atoms with Crippen molar-refractivity contribution in [2.75, 3.05) is 18.7 Å². The molecule has 0 atom stereocenters. The second-order valence-electron chi connectivity index (χ2n) is 2.93. The summed E-state index contributed by atoms with van der Waals surface area (Å²) >= 11 is 0. The molecule has 1 aromatic rings. The summed E-state index contributed by atoms with van der Waals surface area (Å²) in [5.74, 6) is 0.865. The van der Waals surface area contributed by atoms with Crippen LogP contribution >= 0.6 is 0 Å². The van der Waals surface area contributed by atoms with Gasteiger partial charge in [-0.3, -0.25) is 0 Å². The maximum absolute atomic E-state index is 8.87. The third kappa shape index (κ3) is 1.02. The molecule has 0 aromatic heterocycles. The Morgan fingerprint density at radius 1 is 1.58 bits per heavy atom. The molecule has 12 heavy (non-hydrogen) atoms. The van der Waals surface area contributed by atoms with Crippen molar-refractivity contribution in [2.24, 2.45) is 0 Å². The van der Waals surface area contributed by atoms with Gasteiger partial charge in [-0.15, -0.1) is 0 Å². The third-order valence-corrected chi connectivity index (χ3v) is 2.03. The Hall–Kier alpha value is -1.22. The zero-order chi connectivity index (χ0) is 8.55. The van der Waals surface area contributed by atoms with E-state index in [0.717, 1.165) is 17.0 Å². The maximum atomic E-state index is 8.87. The minimum Gasteiger partial charge on any atom is -0.471 e. The van der Waals surface area contributed by atoms with Gasteiger partial charge in [0.15, 0.2) is 6.73 Å². The van der Waals surface area contributed by atoms with Crippen LogP contribution in [0.15, 0.2) is 18.2 Å². The number of nitrogens with zero attached hydrogens (tertiary/aromatic N) is 1. The molecule has 0 saturated carbocycles. The largest absolute Gasteiger partial charge is 0.471 e. The van der Waals surface area contributed by atoms with Crippen LogP contribution in [-0.2, 0) is 6.61 Å². The predicted molar refractivity (Wildman–Crippen MR) is 46.3 cm³/mol. The lowest BCUT2D eigenvalue weighted by molar-refractivity contribution is 0.280. The SMILES string of the molecule is CN1COc2cc(CO)ccc21. The smallest absolute Gasteiger partial charge is 0.161 e. The van der Waals surface area contributed by atoms with E-state index in [0.29, 0.717) is 6.73 Å². The van der Waals surface area contributed by atoms with Crippen LogP contribution in [0, 0.1) is 0 Å². The fourth-order valence-corrected chi connectivity index (χ4v) is 1.32. The van der Waals surface area contributed by atoms with E-state index in [-0.39, 0.29) is 6.61 Å². The van der Waals surface area contributed by atoms with Gasteiger partial charge in [-0.25, -0.2) is 0 Å². The number of anilines is 1. The Kier molecular flexibility index (Phi) is 1.66. The van der Waals surface area contributed by atoms with Gasteiger partial charge in [-0.05, 0) is 17.7 Å². The van der Waals surface area contributed by atoms with Crippen molar-refractivity contribution >= 4 is 5.69 Å². The molecule has 2 rings (SSSR count). The summed E-state index contributed by atoms with van der Waals surface area (Å²) in [6.45, 7) is 0.671. The maximum Gasteiger partial charge on any atom is 0.161 e. The van der Waals surface area contributed by atoms with Crippen molar-refractivity contribution < 1.29 is 9.84 Å². The minimum absolute atomic E-state index is 0.0698. The van der Waals surface area contributed by atoms with Crippen LogP contribution in [-0.4, -0.2) is 18.9 Å². The minimum atomic E-state index is 0.0698. The molecule has 1 aromatic carbocycles. The summed E-state index contributed by atoms with van der Waals surface area (Å²) in [5.41, 5.74) is 1.98. The number of rotatable bonds is 1. The van der Waals surface area contributed by atoms with Gasteiger partial charge >= 0.3 is 0 Å². The van der Waals surface area contributed by atoms with Gasteiger partial charge in [0.25, 0.3) is 0 Å². The lowest BCUT2D eigenvalue weighted by Crippen LogP contribution is -2.14. The molecule has 64 valence electrons. The first-order valence-electron chi connectivity index (χ1n) is 3.89. The van der Waals surface area contributed by atoms with E-state index in [1.54, 1.807) is 0 Å². The number of hydrogen-bond acceptors (Lipinski definition) is 3. The number of aliphatic hydroxyl groups is 1. The Morgan fingerprint density at radius 2 is 2.42 bits per heavy atom. The Balaban J connectivity index is 2.41. The van der Waals surface area contributed by atoms with E-state index in [1.807, 2.05) is 30.1 Å². The molecule has 0 unspecified atom stereocenters. The first kappa shape index (κ1) is 7.43. The summed E-state index contributed by atoms with van der Waals surface area (Å²) in [6, 6.07) is 5.75. The lowest BCUT2D eigenvalue weighted by Gasteiger charge is -2.07. The lowest BCUT2D eigenvalue weighted by atomic mass is 10.2. The monoisotopic (exact) mass is 165 g/mol. The quantitative estimate of drug-likeness (QED) is 0.673. The van der Waals surface area contributed by atoms with Crippen LogP contribution in [0.3, 0.4) is 0 Å². The van der Waals surface area contributed by atoms with E-state index >= 15 is 0 Å². The van der Waals surface area contributed by atoms with Crippen LogP contribution in [0.5, 0.6) is 5.75 Å². The van der Waals surface area contributed by atoms with Crippen LogP contribution < -0.4 is 9.64 Å². The molecule has 1 N–H and O–H groups in total. The average molecular weight is 165 g/mol. The molecule has 0 amide bonds. The van der Waals surface area contributed by atoms with Gasteiger partial charge in [0, 0.05) is 7.05 Å². The van der Waals surface area contributed by atoms with Crippen LogP contribution in [0.1, 0.15) is 5.56 Å². The van der Waals surface area contributed by atoms with E-state index < -0.39 is 0 Å². The van der Waals surface area contributed by atoms with Gasteiger partial charge < -0.3 is 14.7 Å². The fourth-order valence-electron chi connectivity index (χ4n) is 1.32. The van der Waals surface area contributed by atoms with Gasteiger partial charge in [0.05, 0.1) is 12.3 Å². The van der Waals surface area contributed by atoms with Crippen molar-refractivity contribution in [3.63, 3.8) is 0 Å². The third-order valence-electron chi connectivity index (χ3n) is 2.03. The van der Waals surface area contributed by atoms with Crippen molar-refractivity contribution in [2.45, 2.75) is 6.61 Å². The molecule has 0 bridgehead atoms. The highest BCUT2D eigenvalue weighted by molar-refractivity contribution is 5.61. The predicted octanol–water partition coefficient (Wildman–Crippen LogP) is 0.965. The molecule has 1 heterocycles. The average Bonchev–Trinajstić information content (AvgIpc) is 2.47. The first-order valence-corrected chi connectivity index (χ1v) is 3.89. The standard InChI is InChI=1S/C9H11NO2/c1-10-6-12-9-4-7(5-11)2-3-8(9)10/h2-4,11H,5-6H2,1H3. The van der Waals surface area contributed by atoms with Crippen molar-refractivity contribution in [1.82, 2.24) is 0 Å². The summed E-state index contributed by atoms with van der Waals surface area (Å²) < 4.78 is 5.37. The van der Waals surface area contributed by atoms with Gasteiger partial charge in [0.2, 0.25) is 0 Å². The Morgan fingerprint density at radius 3 is 3.17 bits per heavy atom. The van der Waals surface area contributed by atoms with E-state index in [2.05, 4.69) is 0 Å². The number of aliphatic hydroxyl groups excluding tert-OH is 1. The van der Waals surface area contributed by atoms with Crippen molar-refractivity contribution in [3.8, 4) is 5.75 Å². The number of ether oxygens (including phenoxy) is 1. The molecule has 0 fully saturated rings. The Labute approximate surface area is 71.2 Å². The zero-order valence-electron chi connectivity index (χ0n) is 6.95. The first-order chi connectivity index (χ1) is 5.81. The summed E-state index contributed by atoms with van der Waals surface area (Å²) in [4.78, 5) is 2.02. The number of benzene rings is 1. The van der Waals surface area contributed by atoms with Crippen LogP contribution in [0.4, 0.5) is 5.69 Å². The Bertz CT molecular complexity index is 299. The normalized spacial score (nSPS) is 14.3. The van der Waals surface area contributed by atoms with Crippen LogP contribution in [0.2, 0.25) is 0 Å². The molecular formula is C9H11NO2. The second-order valence-corrected chi connectivity index (χ2v) is 2.93. The highest BCUT2D eigenvalue weighted by Crippen LogP contribution is 2.33. The highest BCUT2D eigenvalue weighted by atomic mass is 16.5. The number of hydrogen-bond donors (Lipinski definition) is 1. The molecule has 3 heteroatoms. The second kappa shape index (κ2) is 2.68. The molecule has 1 aliphatic heterocycles.